The van der Waals surface area contributed by atoms with Gasteiger partial charge in [0.1, 0.15) is 18.5 Å². The molecule has 1 aromatic carbocycles. The lowest BCUT2D eigenvalue weighted by Gasteiger charge is -2.24. The van der Waals surface area contributed by atoms with E-state index >= 15 is 0 Å². The molecule has 0 radical (unpaired) electrons. The van der Waals surface area contributed by atoms with Gasteiger partial charge in [-0.05, 0) is 26.0 Å². The molecule has 0 bridgehead atoms. The molecule has 0 amide bonds. The average Bonchev–Trinajstić information content (AvgIpc) is 3.03. The van der Waals surface area contributed by atoms with Crippen molar-refractivity contribution in [2.75, 3.05) is 20.8 Å². The van der Waals surface area contributed by atoms with Gasteiger partial charge in [-0.25, -0.2) is 4.98 Å². The van der Waals surface area contributed by atoms with Gasteiger partial charge in [0.05, 0.1) is 37.0 Å². The molecular weight excluding hydrogens is 326 g/mol. The van der Waals surface area contributed by atoms with Crippen LogP contribution in [0.3, 0.4) is 0 Å². The zero-order valence-corrected chi connectivity index (χ0v) is 14.6. The minimum Gasteiger partial charge on any atom is -0.495 e. The van der Waals surface area contributed by atoms with E-state index in [0.717, 1.165) is 10.8 Å². The maximum Gasteiger partial charge on any atom is 0.230 e. The van der Waals surface area contributed by atoms with Crippen LogP contribution in [0, 0.1) is 0 Å². The molecule has 0 fully saturated rings. The number of hydrogen-bond donors (Lipinski definition) is 2. The van der Waals surface area contributed by atoms with Crippen LogP contribution in [-0.4, -0.2) is 47.7 Å². The molecule has 134 valence electrons. The number of pyridine rings is 1. The Morgan fingerprint density at radius 1 is 1.16 bits per heavy atom. The number of ether oxygens (including phenoxy) is 3. The first kappa shape index (κ1) is 17.3. The van der Waals surface area contributed by atoms with Crippen LogP contribution in [0.2, 0.25) is 0 Å². The van der Waals surface area contributed by atoms with Crippen LogP contribution in [0.25, 0.3) is 22.0 Å². The summed E-state index contributed by atoms with van der Waals surface area (Å²) in [5.41, 5.74) is -0.212. The van der Waals surface area contributed by atoms with E-state index in [1.54, 1.807) is 31.6 Å². The molecule has 0 saturated heterocycles. The van der Waals surface area contributed by atoms with E-state index in [4.69, 9.17) is 18.6 Å². The van der Waals surface area contributed by atoms with Gasteiger partial charge in [-0.2, -0.15) is 0 Å². The summed E-state index contributed by atoms with van der Waals surface area (Å²) < 4.78 is 21.9. The Morgan fingerprint density at radius 2 is 1.92 bits per heavy atom. The smallest absolute Gasteiger partial charge is 0.230 e. The van der Waals surface area contributed by atoms with E-state index in [-0.39, 0.29) is 6.61 Å². The van der Waals surface area contributed by atoms with E-state index < -0.39 is 11.7 Å². The molecule has 0 aliphatic rings. The van der Waals surface area contributed by atoms with Crippen LogP contribution >= 0.6 is 0 Å². The van der Waals surface area contributed by atoms with E-state index in [2.05, 4.69) is 4.98 Å². The molecule has 2 N–H and O–H groups in total. The van der Waals surface area contributed by atoms with Crippen LogP contribution in [0.1, 0.15) is 13.8 Å². The zero-order valence-electron chi connectivity index (χ0n) is 14.6. The molecule has 3 rings (SSSR count). The molecule has 0 aliphatic carbocycles. The highest BCUT2D eigenvalue weighted by Gasteiger charge is 2.25. The first-order valence-electron chi connectivity index (χ1n) is 7.81. The molecule has 0 spiro atoms. The number of nitrogens with zero attached hydrogens (tertiary/aromatic N) is 1. The lowest BCUT2D eigenvalue weighted by atomic mass is 10.0. The molecule has 0 unspecified atom stereocenters. The highest BCUT2D eigenvalue weighted by molar-refractivity contribution is 6.00. The Bertz CT molecular complexity index is 896. The maximum absolute atomic E-state index is 9.95. The number of aromatic nitrogens is 1. The third-order valence-electron chi connectivity index (χ3n) is 4.05. The second-order valence-electron chi connectivity index (χ2n) is 6.29. The number of rotatable bonds is 6. The van der Waals surface area contributed by atoms with E-state index in [1.165, 1.54) is 21.0 Å². The van der Waals surface area contributed by atoms with Crippen molar-refractivity contribution in [1.29, 1.82) is 0 Å². The second-order valence-corrected chi connectivity index (χ2v) is 6.29. The number of aliphatic hydroxyl groups is 2. The summed E-state index contributed by atoms with van der Waals surface area (Å²) in [5, 5.41) is 21.3. The van der Waals surface area contributed by atoms with Crippen molar-refractivity contribution in [1.82, 2.24) is 4.98 Å². The lowest BCUT2D eigenvalue weighted by molar-refractivity contribution is -0.0663. The predicted octanol–water partition coefficient (Wildman–Crippen LogP) is 2.51. The Labute approximate surface area is 144 Å². The summed E-state index contributed by atoms with van der Waals surface area (Å²) in [4.78, 5) is 4.46. The molecule has 3 aromatic rings. The van der Waals surface area contributed by atoms with Crippen molar-refractivity contribution in [2.45, 2.75) is 25.6 Å². The standard InChI is InChI=1S/C18H21NO6/c1-18(2,21)15(20)9-25-14-8-12-11(7-13(14)22-3)16(23-4)10-5-6-24-17(10)19-12/h5-8,15,20-21H,9H2,1-4H3/t15-/m1/s1. The highest BCUT2D eigenvalue weighted by Crippen LogP contribution is 2.39. The van der Waals surface area contributed by atoms with Crippen molar-refractivity contribution in [3.05, 3.63) is 24.5 Å². The molecule has 2 heterocycles. The molecule has 0 aliphatic heterocycles. The molecule has 25 heavy (non-hydrogen) atoms. The molecule has 1 atom stereocenters. The van der Waals surface area contributed by atoms with Gasteiger partial charge in [0.25, 0.3) is 0 Å². The number of benzene rings is 1. The molecule has 7 heteroatoms. The van der Waals surface area contributed by atoms with Gasteiger partial charge >= 0.3 is 0 Å². The zero-order chi connectivity index (χ0) is 18.2. The highest BCUT2D eigenvalue weighted by atomic mass is 16.5. The molecular formula is C18H21NO6. The summed E-state index contributed by atoms with van der Waals surface area (Å²) in [5.74, 6) is 1.51. The third kappa shape index (κ3) is 3.20. The van der Waals surface area contributed by atoms with Crippen LogP contribution in [0.15, 0.2) is 28.9 Å². The van der Waals surface area contributed by atoms with Gasteiger partial charge in [-0.3, -0.25) is 0 Å². The summed E-state index contributed by atoms with van der Waals surface area (Å²) in [6, 6.07) is 5.24. The van der Waals surface area contributed by atoms with Gasteiger partial charge < -0.3 is 28.8 Å². The fourth-order valence-corrected chi connectivity index (χ4v) is 2.50. The SMILES string of the molecule is COc1cc2c(OC)c3ccoc3nc2cc1OC[C@@H](O)C(C)(C)O. The fourth-order valence-electron chi connectivity index (χ4n) is 2.50. The Morgan fingerprint density at radius 3 is 2.56 bits per heavy atom. The van der Waals surface area contributed by atoms with Crippen molar-refractivity contribution < 1.29 is 28.8 Å². The van der Waals surface area contributed by atoms with Crippen molar-refractivity contribution in [2.24, 2.45) is 0 Å². The van der Waals surface area contributed by atoms with Crippen LogP contribution in [-0.2, 0) is 0 Å². The van der Waals surface area contributed by atoms with Crippen LogP contribution < -0.4 is 14.2 Å². The third-order valence-corrected chi connectivity index (χ3v) is 4.05. The summed E-state index contributed by atoms with van der Waals surface area (Å²) in [6.45, 7) is 2.93. The summed E-state index contributed by atoms with van der Waals surface area (Å²) >= 11 is 0. The summed E-state index contributed by atoms with van der Waals surface area (Å²) in [6.07, 6.45) is 0.496. The quantitative estimate of drug-likeness (QED) is 0.707. The number of fused-ring (bicyclic) bond motifs is 2. The minimum absolute atomic E-state index is 0.0918. The second kappa shape index (κ2) is 6.42. The number of hydrogen-bond acceptors (Lipinski definition) is 7. The number of furan rings is 1. The van der Waals surface area contributed by atoms with E-state index in [0.29, 0.717) is 28.5 Å². The first-order valence-corrected chi connectivity index (χ1v) is 7.81. The van der Waals surface area contributed by atoms with Gasteiger partial charge in [0, 0.05) is 11.5 Å². The van der Waals surface area contributed by atoms with Crippen molar-refractivity contribution in [3.63, 3.8) is 0 Å². The largest absolute Gasteiger partial charge is 0.495 e. The fraction of sp³-hybridized carbons (Fsp3) is 0.389. The number of methoxy groups -OCH3 is 2. The Kier molecular flexibility index (Phi) is 4.45. The Hall–Kier alpha value is -2.51. The predicted molar refractivity (Wildman–Crippen MR) is 92.4 cm³/mol. The molecule has 2 aromatic heterocycles. The molecule has 0 saturated carbocycles. The van der Waals surface area contributed by atoms with Gasteiger partial charge in [0.15, 0.2) is 11.5 Å². The normalized spacial score (nSPS) is 13.2. The minimum atomic E-state index is -1.27. The maximum atomic E-state index is 9.95. The van der Waals surface area contributed by atoms with Crippen LogP contribution in [0.4, 0.5) is 0 Å². The molecule has 7 nitrogen and oxygen atoms in total. The first-order chi connectivity index (χ1) is 11.8. The van der Waals surface area contributed by atoms with Crippen molar-refractivity contribution in [3.8, 4) is 17.2 Å². The van der Waals surface area contributed by atoms with Crippen molar-refractivity contribution >= 4 is 22.0 Å². The monoisotopic (exact) mass is 347 g/mol. The van der Waals surface area contributed by atoms with E-state index in [1.807, 2.05) is 0 Å². The lowest BCUT2D eigenvalue weighted by Crippen LogP contribution is -2.40. The Balaban J connectivity index is 2.06. The van der Waals surface area contributed by atoms with Crippen LogP contribution in [0.5, 0.6) is 17.2 Å². The van der Waals surface area contributed by atoms with Gasteiger partial charge in [0.2, 0.25) is 5.71 Å². The van der Waals surface area contributed by atoms with E-state index in [9.17, 15) is 10.2 Å². The summed E-state index contributed by atoms with van der Waals surface area (Å²) in [7, 11) is 3.11. The topological polar surface area (TPSA) is 94.2 Å². The average molecular weight is 347 g/mol. The number of aliphatic hydroxyl groups excluding tert-OH is 1. The van der Waals surface area contributed by atoms with Gasteiger partial charge in [-0.15, -0.1) is 0 Å². The van der Waals surface area contributed by atoms with Gasteiger partial charge in [-0.1, -0.05) is 0 Å².